The second-order valence-corrected chi connectivity index (χ2v) is 6.51. The fourth-order valence-electron chi connectivity index (χ4n) is 2.98. The molecule has 0 aliphatic heterocycles. The average Bonchev–Trinajstić information content (AvgIpc) is 3.24. The van der Waals surface area contributed by atoms with Crippen LogP contribution in [0.5, 0.6) is 5.75 Å². The number of nitrogens with zero attached hydrogens (tertiary/aromatic N) is 3. The number of nitrogens with one attached hydrogen (secondary N) is 1. The van der Waals surface area contributed by atoms with Crippen molar-refractivity contribution in [3.63, 3.8) is 0 Å². The van der Waals surface area contributed by atoms with Crippen molar-refractivity contribution in [2.75, 3.05) is 7.11 Å². The van der Waals surface area contributed by atoms with Crippen molar-refractivity contribution in [2.45, 2.75) is 0 Å². The molecule has 0 atom stereocenters. The predicted octanol–water partition coefficient (Wildman–Crippen LogP) is 4.31. The predicted molar refractivity (Wildman–Crippen MR) is 117 cm³/mol. The minimum absolute atomic E-state index is 0.270. The summed E-state index contributed by atoms with van der Waals surface area (Å²) in [6.45, 7) is 0. The van der Waals surface area contributed by atoms with Gasteiger partial charge < -0.3 is 4.74 Å². The number of para-hydroxylation sites is 1. The van der Waals surface area contributed by atoms with Crippen LogP contribution in [0.25, 0.3) is 16.9 Å². The summed E-state index contributed by atoms with van der Waals surface area (Å²) in [5.74, 6) is 0.500. The Kier molecular flexibility index (Phi) is 5.66. The highest BCUT2D eigenvalue weighted by atomic mass is 16.5. The Balaban J connectivity index is 1.64. The van der Waals surface area contributed by atoms with Gasteiger partial charge in [0.25, 0.3) is 5.91 Å². The van der Waals surface area contributed by atoms with Gasteiger partial charge in [-0.1, -0.05) is 36.4 Å². The van der Waals surface area contributed by atoms with Gasteiger partial charge in [0, 0.05) is 22.9 Å². The number of ether oxygens (including phenoxy) is 1. The van der Waals surface area contributed by atoms with Gasteiger partial charge in [0.15, 0.2) is 0 Å². The maximum Gasteiger partial charge on any atom is 0.271 e. The molecule has 1 aromatic heterocycles. The summed E-state index contributed by atoms with van der Waals surface area (Å²) in [5.41, 5.74) is 6.49. The van der Waals surface area contributed by atoms with E-state index in [0.717, 1.165) is 28.3 Å². The lowest BCUT2D eigenvalue weighted by Crippen LogP contribution is -2.17. The average molecular weight is 396 g/mol. The van der Waals surface area contributed by atoms with E-state index in [1.165, 1.54) is 0 Å². The molecule has 6 heteroatoms. The van der Waals surface area contributed by atoms with Gasteiger partial charge in [-0.3, -0.25) is 4.79 Å². The van der Waals surface area contributed by atoms with Crippen LogP contribution < -0.4 is 10.2 Å². The third kappa shape index (κ3) is 4.28. The van der Waals surface area contributed by atoms with E-state index in [4.69, 9.17) is 9.84 Å². The molecule has 0 bridgehead atoms. The van der Waals surface area contributed by atoms with Gasteiger partial charge in [0.05, 0.1) is 19.0 Å². The Hall–Kier alpha value is -4.19. The van der Waals surface area contributed by atoms with Gasteiger partial charge in [-0.15, -0.1) is 0 Å². The van der Waals surface area contributed by atoms with E-state index in [0.29, 0.717) is 5.56 Å². The SMILES string of the molecule is COc1ccc(-c2nn(-c3ccccc3)cc2/C=N\NC(=O)c2ccccc2)cc1. The molecule has 0 aliphatic rings. The summed E-state index contributed by atoms with van der Waals surface area (Å²) in [6.07, 6.45) is 3.49. The quantitative estimate of drug-likeness (QED) is 0.390. The minimum atomic E-state index is -0.270. The monoisotopic (exact) mass is 396 g/mol. The third-order valence-corrected chi connectivity index (χ3v) is 4.53. The van der Waals surface area contributed by atoms with Crippen molar-refractivity contribution in [1.29, 1.82) is 0 Å². The first kappa shape index (κ1) is 19.1. The third-order valence-electron chi connectivity index (χ3n) is 4.53. The first-order valence-electron chi connectivity index (χ1n) is 9.42. The zero-order valence-corrected chi connectivity index (χ0v) is 16.4. The molecular formula is C24H20N4O2. The minimum Gasteiger partial charge on any atom is -0.497 e. The number of benzene rings is 3. The Morgan fingerprint density at radius 1 is 0.967 bits per heavy atom. The number of hydrogen-bond donors (Lipinski definition) is 1. The highest BCUT2D eigenvalue weighted by Gasteiger charge is 2.12. The van der Waals surface area contributed by atoms with Crippen molar-refractivity contribution >= 4 is 12.1 Å². The molecule has 0 fully saturated rings. The molecular weight excluding hydrogens is 376 g/mol. The fourth-order valence-corrected chi connectivity index (χ4v) is 2.98. The molecule has 0 radical (unpaired) electrons. The van der Waals surface area contributed by atoms with Crippen LogP contribution >= 0.6 is 0 Å². The fraction of sp³-hybridized carbons (Fsp3) is 0.0417. The molecule has 1 heterocycles. The van der Waals surface area contributed by atoms with E-state index in [-0.39, 0.29) is 5.91 Å². The number of aromatic nitrogens is 2. The summed E-state index contributed by atoms with van der Waals surface area (Å²) < 4.78 is 7.04. The van der Waals surface area contributed by atoms with Crippen LogP contribution in [0.3, 0.4) is 0 Å². The standard InChI is InChI=1S/C24H20N4O2/c1-30-22-14-12-18(13-15-22)23-20(17-28(27-23)21-10-6-3-7-11-21)16-25-26-24(29)19-8-4-2-5-9-19/h2-17H,1H3,(H,26,29)/b25-16-. The van der Waals surface area contributed by atoms with Gasteiger partial charge in [-0.05, 0) is 48.5 Å². The summed E-state index contributed by atoms with van der Waals surface area (Å²) in [7, 11) is 1.63. The lowest BCUT2D eigenvalue weighted by atomic mass is 10.1. The smallest absolute Gasteiger partial charge is 0.271 e. The molecule has 148 valence electrons. The normalized spacial score (nSPS) is 10.8. The molecule has 4 aromatic rings. The van der Waals surface area contributed by atoms with Crippen molar-refractivity contribution in [3.8, 4) is 22.7 Å². The molecule has 3 aromatic carbocycles. The van der Waals surface area contributed by atoms with Crippen molar-refractivity contribution in [3.05, 3.63) is 102 Å². The van der Waals surface area contributed by atoms with Crippen molar-refractivity contribution < 1.29 is 9.53 Å². The highest BCUT2D eigenvalue weighted by molar-refractivity contribution is 5.95. The zero-order chi connectivity index (χ0) is 20.8. The van der Waals surface area contributed by atoms with E-state index < -0.39 is 0 Å². The second-order valence-electron chi connectivity index (χ2n) is 6.51. The molecule has 0 unspecified atom stereocenters. The maximum absolute atomic E-state index is 12.2. The summed E-state index contributed by atoms with van der Waals surface area (Å²) in [5, 5.41) is 8.88. The number of rotatable bonds is 6. The van der Waals surface area contributed by atoms with Gasteiger partial charge in [0.2, 0.25) is 0 Å². The van der Waals surface area contributed by atoms with Gasteiger partial charge in [-0.25, -0.2) is 10.1 Å². The van der Waals surface area contributed by atoms with E-state index in [2.05, 4.69) is 10.5 Å². The molecule has 1 amide bonds. The lowest BCUT2D eigenvalue weighted by molar-refractivity contribution is 0.0955. The number of methoxy groups -OCH3 is 1. The molecule has 30 heavy (non-hydrogen) atoms. The largest absolute Gasteiger partial charge is 0.497 e. The van der Waals surface area contributed by atoms with E-state index in [1.807, 2.05) is 79.0 Å². The first-order valence-corrected chi connectivity index (χ1v) is 9.42. The number of carbonyl (C=O) groups excluding carboxylic acids is 1. The molecule has 6 nitrogen and oxygen atoms in total. The Labute approximate surface area is 174 Å². The maximum atomic E-state index is 12.2. The van der Waals surface area contributed by atoms with Crippen LogP contribution in [0, 0.1) is 0 Å². The van der Waals surface area contributed by atoms with Crippen LogP contribution in [-0.4, -0.2) is 29.0 Å². The number of amides is 1. The Bertz CT molecular complexity index is 1150. The molecule has 1 N–H and O–H groups in total. The Morgan fingerprint density at radius 2 is 1.63 bits per heavy atom. The summed E-state index contributed by atoms with van der Waals surface area (Å²) >= 11 is 0. The van der Waals surface area contributed by atoms with Crippen molar-refractivity contribution in [2.24, 2.45) is 5.10 Å². The Morgan fingerprint density at radius 3 is 2.30 bits per heavy atom. The van der Waals surface area contributed by atoms with Crippen LogP contribution in [0.4, 0.5) is 0 Å². The van der Waals surface area contributed by atoms with Gasteiger partial charge >= 0.3 is 0 Å². The van der Waals surface area contributed by atoms with E-state index >= 15 is 0 Å². The van der Waals surface area contributed by atoms with Crippen molar-refractivity contribution in [1.82, 2.24) is 15.2 Å². The first-order chi connectivity index (χ1) is 14.7. The number of carbonyl (C=O) groups is 1. The molecule has 0 saturated heterocycles. The van der Waals surface area contributed by atoms with Crippen LogP contribution in [0.1, 0.15) is 15.9 Å². The molecule has 4 rings (SSSR count). The highest BCUT2D eigenvalue weighted by Crippen LogP contribution is 2.25. The van der Waals surface area contributed by atoms with E-state index in [9.17, 15) is 4.79 Å². The second kappa shape index (κ2) is 8.87. The topological polar surface area (TPSA) is 68.5 Å². The van der Waals surface area contributed by atoms with Crippen LogP contribution in [-0.2, 0) is 0 Å². The summed E-state index contributed by atoms with van der Waals surface area (Å²) in [4.78, 5) is 12.2. The summed E-state index contributed by atoms with van der Waals surface area (Å²) in [6, 6.07) is 26.4. The molecule has 0 saturated carbocycles. The van der Waals surface area contributed by atoms with Crippen LogP contribution in [0.2, 0.25) is 0 Å². The number of hydrogen-bond acceptors (Lipinski definition) is 4. The lowest BCUT2D eigenvalue weighted by Gasteiger charge is -2.02. The van der Waals surface area contributed by atoms with Crippen LogP contribution in [0.15, 0.2) is 96.2 Å². The van der Waals surface area contributed by atoms with Gasteiger partial charge in [0.1, 0.15) is 11.4 Å². The van der Waals surface area contributed by atoms with E-state index in [1.54, 1.807) is 30.1 Å². The van der Waals surface area contributed by atoms with Gasteiger partial charge in [-0.2, -0.15) is 10.2 Å². The zero-order valence-electron chi connectivity index (χ0n) is 16.4. The molecule has 0 aliphatic carbocycles. The molecule has 0 spiro atoms. The number of hydrazone groups is 1.